The van der Waals surface area contributed by atoms with Gasteiger partial charge in [0.15, 0.2) is 4.75 Å². The summed E-state index contributed by atoms with van der Waals surface area (Å²) in [6, 6.07) is 3.99. The molecule has 1 aliphatic carbocycles. The molecule has 0 atom stereocenters. The van der Waals surface area contributed by atoms with Crippen LogP contribution in [-0.4, -0.2) is 59.7 Å². The van der Waals surface area contributed by atoms with Crippen LogP contribution in [0.15, 0.2) is 18.3 Å². The van der Waals surface area contributed by atoms with Gasteiger partial charge in [-0.3, -0.25) is 10.0 Å². The molecule has 0 aromatic carbocycles. The van der Waals surface area contributed by atoms with Crippen LogP contribution < -0.4 is 10.4 Å². The van der Waals surface area contributed by atoms with E-state index in [1.807, 2.05) is 18.3 Å². The highest BCUT2D eigenvalue weighted by Gasteiger charge is 2.55. The third-order valence-corrected chi connectivity index (χ3v) is 8.17. The van der Waals surface area contributed by atoms with Crippen molar-refractivity contribution in [3.63, 3.8) is 0 Å². The van der Waals surface area contributed by atoms with Gasteiger partial charge in [-0.15, -0.1) is 12.4 Å². The molecule has 3 rings (SSSR count). The summed E-state index contributed by atoms with van der Waals surface area (Å²) in [4.78, 5) is 18.7. The van der Waals surface area contributed by atoms with Gasteiger partial charge in [-0.2, -0.15) is 4.31 Å². The first-order chi connectivity index (χ1) is 12.4. The van der Waals surface area contributed by atoms with E-state index < -0.39 is 20.7 Å². The number of carbonyl (C=O) groups is 1. The van der Waals surface area contributed by atoms with E-state index in [4.69, 9.17) is 5.21 Å². The molecule has 2 heterocycles. The highest BCUT2D eigenvalue weighted by molar-refractivity contribution is 7.91. The number of nitrogens with zero attached hydrogens (tertiary/aromatic N) is 3. The van der Waals surface area contributed by atoms with Crippen molar-refractivity contribution >= 4 is 34.2 Å². The number of sulfonamides is 1. The van der Waals surface area contributed by atoms with Gasteiger partial charge in [0.1, 0.15) is 5.82 Å². The van der Waals surface area contributed by atoms with Gasteiger partial charge in [-0.25, -0.2) is 18.9 Å². The van der Waals surface area contributed by atoms with Gasteiger partial charge in [0, 0.05) is 32.4 Å². The third kappa shape index (κ3) is 3.91. The Hall–Kier alpha value is -1.42. The summed E-state index contributed by atoms with van der Waals surface area (Å²) in [7, 11) is -3.84. The van der Waals surface area contributed by atoms with Gasteiger partial charge in [0.25, 0.3) is 5.91 Å². The van der Waals surface area contributed by atoms with E-state index in [1.165, 1.54) is 4.31 Å². The fourth-order valence-corrected chi connectivity index (χ4v) is 6.09. The van der Waals surface area contributed by atoms with Gasteiger partial charge in [-0.1, -0.05) is 25.8 Å². The van der Waals surface area contributed by atoms with Crippen molar-refractivity contribution in [3.8, 4) is 0 Å². The zero-order valence-electron chi connectivity index (χ0n) is 15.4. The van der Waals surface area contributed by atoms with Crippen LogP contribution in [0.2, 0.25) is 0 Å². The molecule has 1 saturated heterocycles. The van der Waals surface area contributed by atoms with Gasteiger partial charge in [-0.05, 0) is 30.9 Å². The largest absolute Gasteiger partial charge is 0.354 e. The molecule has 0 spiro atoms. The number of pyridine rings is 1. The van der Waals surface area contributed by atoms with Crippen molar-refractivity contribution in [3.05, 3.63) is 23.9 Å². The second kappa shape index (κ2) is 8.72. The summed E-state index contributed by atoms with van der Waals surface area (Å²) in [5.74, 6) is 0.0252. The van der Waals surface area contributed by atoms with E-state index in [0.717, 1.165) is 17.8 Å². The van der Waals surface area contributed by atoms with Crippen LogP contribution in [0.1, 0.15) is 38.2 Å². The number of piperazine rings is 1. The lowest BCUT2D eigenvalue weighted by Crippen LogP contribution is -2.59. The number of hydroxylamine groups is 1. The number of amides is 1. The molecule has 2 N–H and O–H groups in total. The lowest BCUT2D eigenvalue weighted by Gasteiger charge is -2.39. The molecule has 0 radical (unpaired) electrons. The monoisotopic (exact) mass is 418 g/mol. The molecule has 1 aromatic heterocycles. The molecule has 1 amide bonds. The number of nitrogens with one attached hydrogen (secondary N) is 1. The zero-order valence-corrected chi connectivity index (χ0v) is 17.1. The Morgan fingerprint density at radius 1 is 1.22 bits per heavy atom. The van der Waals surface area contributed by atoms with Crippen molar-refractivity contribution < 1.29 is 18.4 Å². The molecule has 1 aliphatic heterocycles. The topological polar surface area (TPSA) is 103 Å². The number of halogens is 1. The van der Waals surface area contributed by atoms with Crippen molar-refractivity contribution in [1.82, 2.24) is 14.8 Å². The van der Waals surface area contributed by atoms with Crippen LogP contribution in [-0.2, 0) is 21.2 Å². The Morgan fingerprint density at radius 3 is 2.33 bits per heavy atom. The Labute approximate surface area is 166 Å². The van der Waals surface area contributed by atoms with Gasteiger partial charge >= 0.3 is 0 Å². The Morgan fingerprint density at radius 2 is 1.85 bits per heavy atom. The molecular formula is C17H27ClN4O4S. The van der Waals surface area contributed by atoms with Gasteiger partial charge in [0.05, 0.1) is 0 Å². The number of hydrogen-bond donors (Lipinski definition) is 2. The molecule has 152 valence electrons. The average Bonchev–Trinajstić information content (AvgIpc) is 3.19. The minimum absolute atomic E-state index is 0. The minimum Gasteiger partial charge on any atom is -0.354 e. The second-order valence-corrected chi connectivity index (χ2v) is 9.16. The molecule has 27 heavy (non-hydrogen) atoms. The van der Waals surface area contributed by atoms with Crippen LogP contribution >= 0.6 is 12.4 Å². The number of aromatic nitrogens is 1. The van der Waals surface area contributed by atoms with Crippen molar-refractivity contribution in [2.24, 2.45) is 0 Å². The maximum Gasteiger partial charge on any atom is 0.266 e. The average molecular weight is 419 g/mol. The summed E-state index contributed by atoms with van der Waals surface area (Å²) >= 11 is 0. The predicted molar refractivity (Wildman–Crippen MR) is 105 cm³/mol. The molecule has 2 aliphatic rings. The third-order valence-electron chi connectivity index (χ3n) is 5.54. The summed E-state index contributed by atoms with van der Waals surface area (Å²) in [5.41, 5.74) is 2.73. The van der Waals surface area contributed by atoms with E-state index in [9.17, 15) is 13.2 Å². The molecule has 1 aromatic rings. The van der Waals surface area contributed by atoms with Crippen LogP contribution in [0.3, 0.4) is 0 Å². The first kappa shape index (κ1) is 21.9. The first-order valence-corrected chi connectivity index (χ1v) is 10.5. The van der Waals surface area contributed by atoms with E-state index in [1.54, 1.807) is 5.48 Å². The number of carbonyl (C=O) groups excluding carboxylic acids is 1. The SMILES string of the molecule is CCc1ccc(N2CCN(S(=O)(=O)C3(C(=O)NO)CCCC3)CC2)nc1.Cl. The Bertz CT molecular complexity index is 743. The van der Waals surface area contributed by atoms with Gasteiger partial charge in [0.2, 0.25) is 10.0 Å². The highest BCUT2D eigenvalue weighted by Crippen LogP contribution is 2.39. The quantitative estimate of drug-likeness (QED) is 0.552. The van der Waals surface area contributed by atoms with Crippen LogP contribution in [0.4, 0.5) is 5.82 Å². The minimum atomic E-state index is -3.84. The highest BCUT2D eigenvalue weighted by atomic mass is 35.5. The molecule has 1 saturated carbocycles. The van der Waals surface area contributed by atoms with Crippen molar-refractivity contribution in [2.75, 3.05) is 31.1 Å². The fourth-order valence-electron chi connectivity index (χ4n) is 3.87. The fraction of sp³-hybridized carbons (Fsp3) is 0.647. The predicted octanol–water partition coefficient (Wildman–Crippen LogP) is 1.34. The molecule has 2 fully saturated rings. The summed E-state index contributed by atoms with van der Waals surface area (Å²) < 4.78 is 26.2. The van der Waals surface area contributed by atoms with E-state index in [0.29, 0.717) is 39.0 Å². The molecule has 8 nitrogen and oxygen atoms in total. The van der Waals surface area contributed by atoms with Gasteiger partial charge < -0.3 is 4.90 Å². The summed E-state index contributed by atoms with van der Waals surface area (Å²) in [6.07, 6.45) is 4.61. The maximum absolute atomic E-state index is 13.2. The second-order valence-electron chi connectivity index (χ2n) is 6.91. The van der Waals surface area contributed by atoms with Crippen molar-refractivity contribution in [2.45, 2.75) is 43.8 Å². The normalized spacial score (nSPS) is 20.1. The van der Waals surface area contributed by atoms with E-state index in [-0.39, 0.29) is 25.2 Å². The number of rotatable bonds is 5. The standard InChI is InChI=1S/C17H26N4O4S.ClH/c1-2-14-5-6-15(18-13-14)20-9-11-21(12-10-20)26(24,25)17(16(22)19-23)7-3-4-8-17;/h5-6,13,23H,2-4,7-12H2,1H3,(H,19,22);1H. The Balaban J connectivity index is 0.00000261. The summed E-state index contributed by atoms with van der Waals surface area (Å²) in [5, 5.41) is 9.06. The maximum atomic E-state index is 13.2. The van der Waals surface area contributed by atoms with Crippen molar-refractivity contribution in [1.29, 1.82) is 0 Å². The molecular weight excluding hydrogens is 392 g/mol. The zero-order chi connectivity index (χ0) is 18.8. The Kier molecular flexibility index (Phi) is 7.07. The smallest absolute Gasteiger partial charge is 0.266 e. The lowest BCUT2D eigenvalue weighted by atomic mass is 10.1. The number of anilines is 1. The van der Waals surface area contributed by atoms with Crippen LogP contribution in [0.25, 0.3) is 0 Å². The number of aryl methyl sites for hydroxylation is 1. The van der Waals surface area contributed by atoms with E-state index >= 15 is 0 Å². The molecule has 0 unspecified atom stereocenters. The van der Waals surface area contributed by atoms with Crippen LogP contribution in [0.5, 0.6) is 0 Å². The number of hydrogen-bond acceptors (Lipinski definition) is 6. The van der Waals surface area contributed by atoms with Crippen LogP contribution in [0, 0.1) is 0 Å². The summed E-state index contributed by atoms with van der Waals surface area (Å²) in [6.45, 7) is 3.73. The van der Waals surface area contributed by atoms with E-state index in [2.05, 4.69) is 16.8 Å². The molecule has 0 bridgehead atoms. The molecule has 10 heteroatoms. The first-order valence-electron chi connectivity index (χ1n) is 9.09. The lowest BCUT2D eigenvalue weighted by molar-refractivity contribution is -0.131.